The molecule has 0 aromatic heterocycles. The predicted molar refractivity (Wildman–Crippen MR) is 200 cm³/mol. The predicted octanol–water partition coefficient (Wildman–Crippen LogP) is 7.32. The molecule has 7 atom stereocenters. The molecule has 1 saturated heterocycles. The molecule has 2 aromatic rings. The lowest BCUT2D eigenvalue weighted by atomic mass is 9.44. The molecule has 2 aliphatic heterocycles. The molecule has 1 amide bonds. The van der Waals surface area contributed by atoms with Crippen LogP contribution >= 0.6 is 0 Å². The fourth-order valence-corrected chi connectivity index (χ4v) is 12.2. The van der Waals surface area contributed by atoms with Crippen molar-refractivity contribution in [2.75, 3.05) is 39.3 Å². The number of amides is 1. The van der Waals surface area contributed by atoms with Gasteiger partial charge in [-0.15, -0.1) is 0 Å². The maximum absolute atomic E-state index is 15.0. The zero-order valence-electron chi connectivity index (χ0n) is 31.2. The number of ketones is 2. The van der Waals surface area contributed by atoms with Crippen LogP contribution in [0.1, 0.15) is 123 Å². The van der Waals surface area contributed by atoms with Crippen LogP contribution in [-0.4, -0.2) is 83.0 Å². The largest absolute Gasteiger partial charge is 0.389 e. The van der Waals surface area contributed by atoms with Crippen LogP contribution in [0.3, 0.4) is 0 Å². The molecule has 7 nitrogen and oxygen atoms in total. The first-order valence-corrected chi connectivity index (χ1v) is 20.2. The molecule has 2 aromatic carbocycles. The van der Waals surface area contributed by atoms with Crippen molar-refractivity contribution < 1.29 is 23.9 Å². The van der Waals surface area contributed by atoms with E-state index in [0.717, 1.165) is 94.3 Å². The van der Waals surface area contributed by atoms with E-state index in [0.29, 0.717) is 59.9 Å². The molecule has 5 fully saturated rings. The number of nitrogens with zero attached hydrogens (tertiary/aromatic N) is 3. The second kappa shape index (κ2) is 13.9. The van der Waals surface area contributed by atoms with Crippen LogP contribution in [0.5, 0.6) is 0 Å². The Bertz CT molecular complexity index is 1770. The van der Waals surface area contributed by atoms with E-state index in [1.165, 1.54) is 25.3 Å². The van der Waals surface area contributed by atoms with Gasteiger partial charge in [-0.25, -0.2) is 4.39 Å². The number of unbranched alkanes of at least 4 members (excludes halogenated alkanes) is 1. The molecule has 0 bridgehead atoms. The first-order chi connectivity index (χ1) is 25.0. The first-order valence-electron chi connectivity index (χ1n) is 20.2. The number of hydrogen-bond donors (Lipinski definition) is 1. The van der Waals surface area contributed by atoms with Gasteiger partial charge < -0.3 is 10.0 Å². The second-order valence-electron chi connectivity index (χ2n) is 17.7. The van der Waals surface area contributed by atoms with E-state index in [-0.39, 0.29) is 29.2 Å². The van der Waals surface area contributed by atoms with Crippen LogP contribution < -0.4 is 0 Å². The van der Waals surface area contributed by atoms with Crippen molar-refractivity contribution in [3.63, 3.8) is 0 Å². The molecule has 6 aliphatic rings. The SMILES string of the molecule is C[C@@]12CCC(=O)C[C@H]1CC[C@H]1[C@H]2CC[C@]2(C)[C@@H]1CC[C@]2(O)CCCCN1CCN(C(=O)c2cc(CC3=NCC(=O)c4ccccc43)ccc2F)CC1. The summed E-state index contributed by atoms with van der Waals surface area (Å²) in [4.78, 5) is 46.8. The number of halogens is 1. The molecule has 4 aliphatic carbocycles. The van der Waals surface area contributed by atoms with Crippen LogP contribution in [0, 0.1) is 40.3 Å². The highest BCUT2D eigenvalue weighted by atomic mass is 19.1. The van der Waals surface area contributed by atoms with Crippen molar-refractivity contribution in [3.8, 4) is 0 Å². The van der Waals surface area contributed by atoms with Crippen LogP contribution in [0.25, 0.3) is 0 Å². The lowest BCUT2D eigenvalue weighted by molar-refractivity contribution is -0.158. The Hall–Kier alpha value is -3.23. The number of benzene rings is 2. The lowest BCUT2D eigenvalue weighted by Crippen LogP contribution is -2.56. The number of fused-ring (bicyclic) bond motifs is 6. The average Bonchev–Trinajstić information content (AvgIpc) is 3.42. The van der Waals surface area contributed by atoms with Gasteiger partial charge in [0.25, 0.3) is 5.91 Å². The summed E-state index contributed by atoms with van der Waals surface area (Å²) in [6.45, 7) is 8.58. The zero-order chi connectivity index (χ0) is 36.3. The summed E-state index contributed by atoms with van der Waals surface area (Å²) in [6.07, 6.45) is 12.7. The normalized spacial score (nSPS) is 34.6. The van der Waals surface area contributed by atoms with Crippen molar-refractivity contribution in [2.45, 2.75) is 103 Å². The average molecular weight is 710 g/mol. The standard InChI is InChI=1S/C44H56FN3O4/c1-42-17-13-31(49)27-30(42)10-11-34-36(42)14-18-43(2)37(34)15-19-44(43,52)16-5-6-20-47-21-23-48(24-22-47)41(51)35-25-29(9-12-38(35)45)26-39-32-7-3-4-8-33(32)40(50)28-46-39/h3-4,7-9,12,25,30,34,36-37,52H,5-6,10-11,13-24,26-28H2,1-2H3/t30-,34+,36-,37-,42-,43-,44-/m1/s1. The van der Waals surface area contributed by atoms with Gasteiger partial charge in [0.2, 0.25) is 0 Å². The minimum Gasteiger partial charge on any atom is -0.389 e. The second-order valence-corrected chi connectivity index (χ2v) is 17.7. The smallest absolute Gasteiger partial charge is 0.256 e. The Kier molecular flexibility index (Phi) is 9.55. The topological polar surface area (TPSA) is 90.3 Å². The summed E-state index contributed by atoms with van der Waals surface area (Å²) in [5, 5.41) is 12.2. The van der Waals surface area contributed by atoms with E-state index in [4.69, 9.17) is 0 Å². The number of hydrogen-bond acceptors (Lipinski definition) is 6. The highest BCUT2D eigenvalue weighted by Crippen LogP contribution is 2.68. The van der Waals surface area contributed by atoms with E-state index >= 15 is 4.39 Å². The van der Waals surface area contributed by atoms with Crippen molar-refractivity contribution >= 4 is 23.2 Å². The molecule has 0 spiro atoms. The van der Waals surface area contributed by atoms with Gasteiger partial charge in [-0.1, -0.05) is 44.2 Å². The fourth-order valence-electron chi connectivity index (χ4n) is 12.2. The van der Waals surface area contributed by atoms with Gasteiger partial charge in [0.05, 0.1) is 11.2 Å². The highest BCUT2D eigenvalue weighted by Gasteiger charge is 2.64. The number of piperazine rings is 1. The maximum atomic E-state index is 15.0. The molecule has 52 heavy (non-hydrogen) atoms. The Morgan fingerprint density at radius 3 is 2.50 bits per heavy atom. The van der Waals surface area contributed by atoms with Gasteiger partial charge in [0, 0.05) is 62.3 Å². The highest BCUT2D eigenvalue weighted by molar-refractivity contribution is 6.15. The third-order valence-corrected chi connectivity index (χ3v) is 15.4. The minimum absolute atomic E-state index is 0.00291. The van der Waals surface area contributed by atoms with E-state index in [2.05, 4.69) is 23.7 Å². The number of rotatable bonds is 8. The Labute approximate surface area is 308 Å². The third-order valence-electron chi connectivity index (χ3n) is 15.4. The molecule has 8 rings (SSSR count). The number of aliphatic hydroxyl groups is 1. The van der Waals surface area contributed by atoms with Crippen molar-refractivity contribution in [2.24, 2.45) is 39.5 Å². The number of Topliss-reactive ketones (excluding diaryl/α,β-unsaturated/α-hetero) is 2. The molecule has 0 radical (unpaired) electrons. The molecule has 8 heteroatoms. The summed E-state index contributed by atoms with van der Waals surface area (Å²) in [6, 6.07) is 12.2. The van der Waals surface area contributed by atoms with E-state index in [1.54, 1.807) is 17.0 Å². The van der Waals surface area contributed by atoms with Gasteiger partial charge in [-0.3, -0.25) is 24.3 Å². The molecule has 2 heterocycles. The van der Waals surface area contributed by atoms with Crippen molar-refractivity contribution in [1.29, 1.82) is 0 Å². The van der Waals surface area contributed by atoms with Crippen molar-refractivity contribution in [1.82, 2.24) is 9.80 Å². The number of aliphatic imine (C=N–C) groups is 1. The van der Waals surface area contributed by atoms with Crippen LogP contribution in [0.15, 0.2) is 47.5 Å². The van der Waals surface area contributed by atoms with Crippen LogP contribution in [0.2, 0.25) is 0 Å². The summed E-state index contributed by atoms with van der Waals surface area (Å²) in [5.41, 5.74) is 2.82. The van der Waals surface area contributed by atoms with E-state index < -0.39 is 11.4 Å². The van der Waals surface area contributed by atoms with Crippen LogP contribution in [0.4, 0.5) is 4.39 Å². The molecular formula is C44H56FN3O4. The van der Waals surface area contributed by atoms with Crippen molar-refractivity contribution in [3.05, 3.63) is 70.5 Å². The Balaban J connectivity index is 0.817. The van der Waals surface area contributed by atoms with Gasteiger partial charge in [-0.2, -0.15) is 0 Å². The van der Waals surface area contributed by atoms with Gasteiger partial charge in [0.15, 0.2) is 5.78 Å². The molecular weight excluding hydrogens is 653 g/mol. The summed E-state index contributed by atoms with van der Waals surface area (Å²) < 4.78 is 15.0. The van der Waals surface area contributed by atoms with Crippen LogP contribution in [-0.2, 0) is 11.2 Å². The van der Waals surface area contributed by atoms with Gasteiger partial charge in [0.1, 0.15) is 18.1 Å². The number of carbonyl (C=O) groups is 3. The Morgan fingerprint density at radius 2 is 1.69 bits per heavy atom. The quantitative estimate of drug-likeness (QED) is 0.290. The molecule has 278 valence electrons. The lowest BCUT2D eigenvalue weighted by Gasteiger charge is -2.61. The summed E-state index contributed by atoms with van der Waals surface area (Å²) in [7, 11) is 0. The fraction of sp³-hybridized carbons (Fsp3) is 0.636. The maximum Gasteiger partial charge on any atom is 0.256 e. The summed E-state index contributed by atoms with van der Waals surface area (Å²) >= 11 is 0. The van der Waals surface area contributed by atoms with Gasteiger partial charge in [-0.05, 0) is 123 Å². The molecule has 0 unspecified atom stereocenters. The van der Waals surface area contributed by atoms with E-state index in [9.17, 15) is 19.5 Å². The molecule has 1 N–H and O–H groups in total. The third kappa shape index (κ3) is 6.19. The molecule has 4 saturated carbocycles. The Morgan fingerprint density at radius 1 is 0.923 bits per heavy atom. The number of carbonyl (C=O) groups excluding carboxylic acids is 3. The monoisotopic (exact) mass is 709 g/mol. The zero-order valence-corrected chi connectivity index (χ0v) is 31.2. The van der Waals surface area contributed by atoms with E-state index in [1.807, 2.05) is 24.3 Å². The summed E-state index contributed by atoms with van der Waals surface area (Å²) in [5.74, 6) is 2.22. The minimum atomic E-state index is -0.600. The van der Waals surface area contributed by atoms with Gasteiger partial charge >= 0.3 is 0 Å². The first kappa shape index (κ1) is 35.8.